The highest BCUT2D eigenvalue weighted by Crippen LogP contribution is 2.31. The Labute approximate surface area is 154 Å². The fourth-order valence-corrected chi connectivity index (χ4v) is 3.43. The number of nitrogens with zero attached hydrogens (tertiary/aromatic N) is 2. The van der Waals surface area contributed by atoms with Crippen LogP contribution in [0.2, 0.25) is 0 Å². The first-order valence-corrected chi connectivity index (χ1v) is 9.12. The summed E-state index contributed by atoms with van der Waals surface area (Å²) in [5.41, 5.74) is 2.47. The number of thioether (sulfide) groups is 1. The number of Topliss-reactive ketones (excluding diaryl/α,β-unsaturated/α-hetero) is 1. The smallest absolute Gasteiger partial charge is 0.277 e. The van der Waals surface area contributed by atoms with E-state index in [1.165, 1.54) is 11.8 Å². The summed E-state index contributed by atoms with van der Waals surface area (Å²) in [5, 5.41) is 8.41. The average Bonchev–Trinajstić information content (AvgIpc) is 3.34. The summed E-state index contributed by atoms with van der Waals surface area (Å²) in [6, 6.07) is 13.0. The first-order valence-electron chi connectivity index (χ1n) is 8.13. The second kappa shape index (κ2) is 7.21. The fraction of sp³-hybridized carbons (Fsp3) is 0.211. The maximum absolute atomic E-state index is 12.4. The molecule has 3 aromatic rings. The Morgan fingerprint density at radius 2 is 2.12 bits per heavy atom. The van der Waals surface area contributed by atoms with E-state index in [1.54, 1.807) is 13.2 Å². The number of aromatic nitrogens is 2. The minimum absolute atomic E-state index is 0.0155. The van der Waals surface area contributed by atoms with Gasteiger partial charge in [0.2, 0.25) is 0 Å². The van der Waals surface area contributed by atoms with Crippen LogP contribution in [0, 0.1) is 0 Å². The molecule has 0 N–H and O–H groups in total. The number of rotatable bonds is 6. The second-order valence-electron chi connectivity index (χ2n) is 5.71. The van der Waals surface area contributed by atoms with Gasteiger partial charge in [0.1, 0.15) is 11.5 Å². The second-order valence-corrected chi connectivity index (χ2v) is 6.63. The Bertz CT molecular complexity index is 954. The van der Waals surface area contributed by atoms with E-state index < -0.39 is 0 Å². The molecule has 0 aliphatic carbocycles. The third-order valence-corrected chi connectivity index (χ3v) is 4.90. The molecule has 1 aliphatic heterocycles. The maximum atomic E-state index is 12.4. The fourth-order valence-electron chi connectivity index (χ4n) is 2.77. The molecule has 2 heterocycles. The van der Waals surface area contributed by atoms with Gasteiger partial charge in [0.15, 0.2) is 5.78 Å². The first-order chi connectivity index (χ1) is 12.7. The van der Waals surface area contributed by atoms with Crippen molar-refractivity contribution >= 4 is 17.5 Å². The van der Waals surface area contributed by atoms with Crippen LogP contribution >= 0.6 is 11.8 Å². The van der Waals surface area contributed by atoms with Crippen molar-refractivity contribution in [2.24, 2.45) is 0 Å². The molecule has 0 fully saturated rings. The summed E-state index contributed by atoms with van der Waals surface area (Å²) in [5.74, 6) is 2.14. The Hall–Kier alpha value is -2.80. The number of ketones is 1. The molecule has 0 bridgehead atoms. The molecule has 7 heteroatoms. The molecule has 0 atom stereocenters. The van der Waals surface area contributed by atoms with Crippen LogP contribution in [0.5, 0.6) is 11.5 Å². The largest absolute Gasteiger partial charge is 0.496 e. The van der Waals surface area contributed by atoms with Gasteiger partial charge in [0, 0.05) is 12.0 Å². The zero-order chi connectivity index (χ0) is 17.9. The van der Waals surface area contributed by atoms with E-state index in [4.69, 9.17) is 13.9 Å². The summed E-state index contributed by atoms with van der Waals surface area (Å²) in [6.07, 6.45) is 0.843. The number of carbonyl (C=O) groups excluding carboxylic acids is 1. The highest BCUT2D eigenvalue weighted by Gasteiger charge is 2.17. The number of fused-ring (bicyclic) bond motifs is 1. The van der Waals surface area contributed by atoms with Crippen molar-refractivity contribution in [3.8, 4) is 23.0 Å². The Kier molecular flexibility index (Phi) is 4.62. The highest BCUT2D eigenvalue weighted by molar-refractivity contribution is 7.99. The topological polar surface area (TPSA) is 74.5 Å². The Morgan fingerprint density at radius 1 is 1.23 bits per heavy atom. The maximum Gasteiger partial charge on any atom is 0.277 e. The first kappa shape index (κ1) is 16.7. The zero-order valence-electron chi connectivity index (χ0n) is 14.1. The van der Waals surface area contributed by atoms with Crippen LogP contribution in [0.4, 0.5) is 0 Å². The van der Waals surface area contributed by atoms with Crippen molar-refractivity contribution in [1.29, 1.82) is 0 Å². The Balaban J connectivity index is 1.44. The van der Waals surface area contributed by atoms with Crippen LogP contribution in [-0.2, 0) is 6.42 Å². The lowest BCUT2D eigenvalue weighted by Gasteiger charge is -2.03. The van der Waals surface area contributed by atoms with Crippen LogP contribution < -0.4 is 9.47 Å². The SMILES string of the molecule is COc1ccccc1-c1nnc(SCC(=O)c2ccc3c(c2)CCO3)o1. The highest BCUT2D eigenvalue weighted by atomic mass is 32.2. The molecule has 6 nitrogen and oxygen atoms in total. The molecule has 1 aliphatic rings. The molecule has 1 aromatic heterocycles. The van der Waals surface area contributed by atoms with Gasteiger partial charge >= 0.3 is 0 Å². The molecular weight excluding hydrogens is 352 g/mol. The van der Waals surface area contributed by atoms with Crippen LogP contribution in [0.1, 0.15) is 15.9 Å². The molecule has 0 amide bonds. The van der Waals surface area contributed by atoms with Gasteiger partial charge in [0.25, 0.3) is 11.1 Å². The molecular formula is C19H16N2O4S. The van der Waals surface area contributed by atoms with E-state index in [0.717, 1.165) is 23.3 Å². The van der Waals surface area contributed by atoms with Crippen molar-refractivity contribution in [3.63, 3.8) is 0 Å². The lowest BCUT2D eigenvalue weighted by atomic mass is 10.1. The lowest BCUT2D eigenvalue weighted by molar-refractivity contribution is 0.102. The minimum atomic E-state index is 0.0155. The van der Waals surface area contributed by atoms with Crippen LogP contribution in [0.25, 0.3) is 11.5 Å². The van der Waals surface area contributed by atoms with Gasteiger partial charge in [0.05, 0.1) is 25.0 Å². The van der Waals surface area contributed by atoms with Gasteiger partial charge in [-0.3, -0.25) is 4.79 Å². The quantitative estimate of drug-likeness (QED) is 0.485. The van der Waals surface area contributed by atoms with Gasteiger partial charge in [-0.2, -0.15) is 0 Å². The van der Waals surface area contributed by atoms with Crippen LogP contribution in [0.15, 0.2) is 52.1 Å². The zero-order valence-corrected chi connectivity index (χ0v) is 14.9. The third kappa shape index (κ3) is 3.30. The molecule has 132 valence electrons. The molecule has 0 radical (unpaired) electrons. The van der Waals surface area contributed by atoms with Crippen molar-refractivity contribution in [2.45, 2.75) is 11.6 Å². The number of methoxy groups -OCH3 is 1. The number of hydrogen-bond acceptors (Lipinski definition) is 7. The van der Waals surface area contributed by atoms with E-state index in [1.807, 2.05) is 36.4 Å². The average molecular weight is 368 g/mol. The molecule has 0 spiro atoms. The number of hydrogen-bond donors (Lipinski definition) is 0. The molecule has 0 unspecified atom stereocenters. The summed E-state index contributed by atoms with van der Waals surface area (Å²) in [6.45, 7) is 0.676. The third-order valence-electron chi connectivity index (χ3n) is 4.08. The van der Waals surface area contributed by atoms with Crippen molar-refractivity contribution in [3.05, 3.63) is 53.6 Å². The van der Waals surface area contributed by atoms with Gasteiger partial charge in [-0.1, -0.05) is 23.9 Å². The normalized spacial score (nSPS) is 12.5. The van der Waals surface area contributed by atoms with Gasteiger partial charge < -0.3 is 13.9 Å². The number of carbonyl (C=O) groups is 1. The van der Waals surface area contributed by atoms with E-state index in [0.29, 0.717) is 29.0 Å². The number of benzene rings is 2. The summed E-state index contributed by atoms with van der Waals surface area (Å²) in [7, 11) is 1.59. The van der Waals surface area contributed by atoms with Gasteiger partial charge in [-0.05, 0) is 35.9 Å². The van der Waals surface area contributed by atoms with Crippen molar-refractivity contribution in [2.75, 3.05) is 19.5 Å². The predicted octanol–water partition coefficient (Wildman–Crippen LogP) is 3.66. The van der Waals surface area contributed by atoms with E-state index in [-0.39, 0.29) is 11.5 Å². The summed E-state index contributed by atoms with van der Waals surface area (Å²) in [4.78, 5) is 12.4. The predicted molar refractivity (Wildman–Crippen MR) is 97.0 cm³/mol. The monoisotopic (exact) mass is 368 g/mol. The van der Waals surface area contributed by atoms with E-state index in [9.17, 15) is 4.79 Å². The van der Waals surface area contributed by atoms with Crippen LogP contribution in [-0.4, -0.2) is 35.5 Å². The Morgan fingerprint density at radius 3 is 3.00 bits per heavy atom. The van der Waals surface area contributed by atoms with Crippen LogP contribution in [0.3, 0.4) is 0 Å². The van der Waals surface area contributed by atoms with Crippen molar-refractivity contribution in [1.82, 2.24) is 10.2 Å². The minimum Gasteiger partial charge on any atom is -0.496 e. The number of para-hydroxylation sites is 1. The lowest BCUT2D eigenvalue weighted by Crippen LogP contribution is -2.02. The van der Waals surface area contributed by atoms with Gasteiger partial charge in [-0.15, -0.1) is 10.2 Å². The summed E-state index contributed by atoms with van der Waals surface area (Å²) < 4.78 is 16.4. The molecule has 4 rings (SSSR count). The number of ether oxygens (including phenoxy) is 2. The summed E-state index contributed by atoms with van der Waals surface area (Å²) >= 11 is 1.22. The molecule has 0 saturated carbocycles. The van der Waals surface area contributed by atoms with E-state index >= 15 is 0 Å². The van der Waals surface area contributed by atoms with Crippen molar-refractivity contribution < 1.29 is 18.7 Å². The van der Waals surface area contributed by atoms with Gasteiger partial charge in [-0.25, -0.2) is 0 Å². The molecule has 0 saturated heterocycles. The molecule has 2 aromatic carbocycles. The standard InChI is InChI=1S/C19H16N2O4S/c1-23-17-5-3-2-4-14(17)18-20-21-19(25-18)26-11-15(22)12-6-7-16-13(10-12)8-9-24-16/h2-7,10H,8-9,11H2,1H3. The van der Waals surface area contributed by atoms with E-state index in [2.05, 4.69) is 10.2 Å². The molecule has 26 heavy (non-hydrogen) atoms.